The van der Waals surface area contributed by atoms with E-state index in [0.717, 1.165) is 12.8 Å². The fourth-order valence-corrected chi connectivity index (χ4v) is 1.65. The zero-order chi connectivity index (χ0) is 17.6. The van der Waals surface area contributed by atoms with E-state index in [1.165, 1.54) is 4.90 Å². The van der Waals surface area contributed by atoms with Crippen molar-refractivity contribution >= 4 is 12.2 Å². The SMILES string of the molecule is CCCCN(C(=O)OC(C)(C)C)C(C)NC(=O)OC(C)(C)C. The van der Waals surface area contributed by atoms with Gasteiger partial charge in [-0.15, -0.1) is 0 Å². The van der Waals surface area contributed by atoms with Gasteiger partial charge in [-0.2, -0.15) is 0 Å². The lowest BCUT2D eigenvalue weighted by atomic mass is 10.2. The number of hydrogen-bond donors (Lipinski definition) is 1. The monoisotopic (exact) mass is 316 g/mol. The summed E-state index contributed by atoms with van der Waals surface area (Å²) < 4.78 is 10.6. The number of nitrogens with one attached hydrogen (secondary N) is 1. The standard InChI is InChI=1S/C16H32N2O4/c1-9-10-11-18(14(20)22-16(6,7)8)12(2)17-13(19)21-15(3,4)5/h12H,9-11H2,1-8H3,(H,17,19). The smallest absolute Gasteiger partial charge is 0.411 e. The molecule has 0 rings (SSSR count). The van der Waals surface area contributed by atoms with E-state index in [2.05, 4.69) is 5.32 Å². The third-order valence-electron chi connectivity index (χ3n) is 2.57. The van der Waals surface area contributed by atoms with Crippen molar-refractivity contribution in [3.05, 3.63) is 0 Å². The molecule has 1 atom stereocenters. The predicted molar refractivity (Wildman–Crippen MR) is 86.7 cm³/mol. The normalized spacial score (nSPS) is 13.3. The molecule has 0 aromatic carbocycles. The van der Waals surface area contributed by atoms with Gasteiger partial charge in [0.1, 0.15) is 17.4 Å². The van der Waals surface area contributed by atoms with E-state index >= 15 is 0 Å². The topological polar surface area (TPSA) is 67.9 Å². The summed E-state index contributed by atoms with van der Waals surface area (Å²) in [4.78, 5) is 25.6. The quantitative estimate of drug-likeness (QED) is 0.781. The molecule has 0 aliphatic carbocycles. The second kappa shape index (κ2) is 8.25. The lowest BCUT2D eigenvalue weighted by Gasteiger charge is -2.32. The molecule has 0 heterocycles. The molecule has 0 aromatic rings. The highest BCUT2D eigenvalue weighted by atomic mass is 16.6. The first-order chi connectivity index (χ1) is 9.85. The molecule has 22 heavy (non-hydrogen) atoms. The van der Waals surface area contributed by atoms with Crippen molar-refractivity contribution in [2.24, 2.45) is 0 Å². The van der Waals surface area contributed by atoms with E-state index in [-0.39, 0.29) is 0 Å². The molecule has 0 aliphatic heterocycles. The lowest BCUT2D eigenvalue weighted by molar-refractivity contribution is 0.0103. The predicted octanol–water partition coefficient (Wildman–Crippen LogP) is 3.89. The Bertz CT molecular complexity index is 369. The van der Waals surface area contributed by atoms with Crippen LogP contribution in [0.15, 0.2) is 0 Å². The molecule has 0 fully saturated rings. The highest BCUT2D eigenvalue weighted by molar-refractivity contribution is 5.71. The largest absolute Gasteiger partial charge is 0.444 e. The van der Waals surface area contributed by atoms with Gasteiger partial charge in [0.05, 0.1) is 0 Å². The van der Waals surface area contributed by atoms with Crippen LogP contribution in [0.4, 0.5) is 9.59 Å². The number of nitrogens with zero attached hydrogens (tertiary/aromatic N) is 1. The van der Waals surface area contributed by atoms with Crippen molar-refractivity contribution in [2.45, 2.75) is 85.6 Å². The number of carbonyl (C=O) groups excluding carboxylic acids is 2. The summed E-state index contributed by atoms with van der Waals surface area (Å²) in [6, 6.07) is 0. The first-order valence-corrected chi connectivity index (χ1v) is 7.85. The molecule has 0 aliphatic rings. The molecular weight excluding hydrogens is 284 g/mol. The van der Waals surface area contributed by atoms with Crippen molar-refractivity contribution in [1.29, 1.82) is 0 Å². The van der Waals surface area contributed by atoms with Crippen LogP contribution in [-0.4, -0.2) is 41.0 Å². The minimum atomic E-state index is -0.579. The van der Waals surface area contributed by atoms with Crippen LogP contribution in [0.1, 0.15) is 68.2 Å². The first-order valence-electron chi connectivity index (χ1n) is 7.85. The molecule has 0 spiro atoms. The Kier molecular flexibility index (Phi) is 7.70. The Morgan fingerprint density at radius 3 is 1.95 bits per heavy atom. The van der Waals surface area contributed by atoms with Gasteiger partial charge >= 0.3 is 12.2 Å². The third-order valence-corrected chi connectivity index (χ3v) is 2.57. The number of unbranched alkanes of at least 4 members (excludes halogenated alkanes) is 1. The van der Waals surface area contributed by atoms with Gasteiger partial charge < -0.3 is 14.8 Å². The van der Waals surface area contributed by atoms with Crippen LogP contribution in [0, 0.1) is 0 Å². The minimum Gasteiger partial charge on any atom is -0.444 e. The maximum atomic E-state index is 12.3. The number of ether oxygens (including phenoxy) is 2. The Balaban J connectivity index is 4.80. The van der Waals surface area contributed by atoms with Gasteiger partial charge in [-0.3, -0.25) is 4.90 Å². The maximum Gasteiger partial charge on any atom is 0.411 e. The van der Waals surface area contributed by atoms with Gasteiger partial charge in [0.25, 0.3) is 0 Å². The molecule has 0 radical (unpaired) electrons. The van der Waals surface area contributed by atoms with Crippen LogP contribution in [0.25, 0.3) is 0 Å². The number of carbonyl (C=O) groups is 2. The highest BCUT2D eigenvalue weighted by Gasteiger charge is 2.27. The Morgan fingerprint density at radius 2 is 1.55 bits per heavy atom. The summed E-state index contributed by atoms with van der Waals surface area (Å²) >= 11 is 0. The molecule has 0 saturated carbocycles. The second-order valence-electron chi connectivity index (χ2n) is 7.35. The van der Waals surface area contributed by atoms with Crippen LogP contribution in [0.2, 0.25) is 0 Å². The highest BCUT2D eigenvalue weighted by Crippen LogP contribution is 2.13. The third kappa shape index (κ3) is 9.47. The lowest BCUT2D eigenvalue weighted by Crippen LogP contribution is -2.51. The molecule has 0 saturated heterocycles. The van der Waals surface area contributed by atoms with E-state index in [9.17, 15) is 9.59 Å². The summed E-state index contributed by atoms with van der Waals surface area (Å²) in [5.41, 5.74) is -1.16. The number of amides is 2. The van der Waals surface area contributed by atoms with Crippen LogP contribution in [0.3, 0.4) is 0 Å². The van der Waals surface area contributed by atoms with Gasteiger partial charge in [0.2, 0.25) is 0 Å². The molecule has 0 aromatic heterocycles. The van der Waals surface area contributed by atoms with Gasteiger partial charge in [-0.05, 0) is 54.9 Å². The number of rotatable bonds is 5. The van der Waals surface area contributed by atoms with Crippen LogP contribution >= 0.6 is 0 Å². The van der Waals surface area contributed by atoms with Crippen LogP contribution < -0.4 is 5.32 Å². The average molecular weight is 316 g/mol. The number of alkyl carbamates (subject to hydrolysis) is 1. The van der Waals surface area contributed by atoms with E-state index in [1.54, 1.807) is 27.7 Å². The van der Waals surface area contributed by atoms with Crippen molar-refractivity contribution in [3.63, 3.8) is 0 Å². The molecular formula is C16H32N2O4. The van der Waals surface area contributed by atoms with Gasteiger partial charge in [-0.1, -0.05) is 13.3 Å². The Hall–Kier alpha value is -1.46. The average Bonchev–Trinajstić information content (AvgIpc) is 2.23. The Morgan fingerprint density at radius 1 is 1.05 bits per heavy atom. The van der Waals surface area contributed by atoms with Crippen molar-refractivity contribution < 1.29 is 19.1 Å². The van der Waals surface area contributed by atoms with Crippen molar-refractivity contribution in [3.8, 4) is 0 Å². The zero-order valence-electron chi connectivity index (χ0n) is 15.3. The van der Waals surface area contributed by atoms with Crippen molar-refractivity contribution in [1.82, 2.24) is 10.2 Å². The van der Waals surface area contributed by atoms with E-state index in [0.29, 0.717) is 6.54 Å². The van der Waals surface area contributed by atoms with Crippen LogP contribution in [0.5, 0.6) is 0 Å². The van der Waals surface area contributed by atoms with E-state index < -0.39 is 29.6 Å². The Labute approximate surface area is 134 Å². The van der Waals surface area contributed by atoms with Gasteiger partial charge in [0, 0.05) is 6.54 Å². The first kappa shape index (κ1) is 20.5. The molecule has 6 nitrogen and oxygen atoms in total. The summed E-state index contributed by atoms with van der Waals surface area (Å²) in [6.07, 6.45) is 0.281. The molecule has 2 amide bonds. The molecule has 1 unspecified atom stereocenters. The minimum absolute atomic E-state index is 0.440. The second-order valence-corrected chi connectivity index (χ2v) is 7.35. The van der Waals surface area contributed by atoms with E-state index in [1.807, 2.05) is 27.7 Å². The molecule has 0 bridgehead atoms. The molecule has 130 valence electrons. The van der Waals surface area contributed by atoms with Gasteiger partial charge in [-0.25, -0.2) is 9.59 Å². The summed E-state index contributed by atoms with van der Waals surface area (Å²) in [5.74, 6) is 0. The van der Waals surface area contributed by atoms with Crippen LogP contribution in [-0.2, 0) is 9.47 Å². The summed E-state index contributed by atoms with van der Waals surface area (Å²) in [5, 5.41) is 2.68. The number of hydrogen-bond acceptors (Lipinski definition) is 4. The summed E-state index contributed by atoms with van der Waals surface area (Å²) in [7, 11) is 0. The van der Waals surface area contributed by atoms with E-state index in [4.69, 9.17) is 9.47 Å². The molecule has 1 N–H and O–H groups in total. The van der Waals surface area contributed by atoms with Crippen molar-refractivity contribution in [2.75, 3.05) is 6.54 Å². The fraction of sp³-hybridized carbons (Fsp3) is 0.875. The summed E-state index contributed by atoms with van der Waals surface area (Å²) in [6.45, 7) is 15.1. The zero-order valence-corrected chi connectivity index (χ0v) is 15.3. The fourth-order valence-electron chi connectivity index (χ4n) is 1.65. The molecule has 6 heteroatoms. The van der Waals surface area contributed by atoms with Gasteiger partial charge in [0.15, 0.2) is 0 Å². The maximum absolute atomic E-state index is 12.3.